The number of aliphatic hydroxyl groups excluding tert-OH is 1. The largest absolute Gasteiger partial charge is 0.393 e. The Balaban J connectivity index is 2.37. The number of hydrogen-bond acceptors (Lipinski definition) is 5. The lowest BCUT2D eigenvalue weighted by molar-refractivity contribution is 0.151. The first kappa shape index (κ1) is 14.5. The maximum atomic E-state index is 9.64. The van der Waals surface area contributed by atoms with Gasteiger partial charge in [0.25, 0.3) is 0 Å². The molecule has 0 aliphatic heterocycles. The molecule has 0 bridgehead atoms. The number of aromatic nitrogens is 2. The number of hydrogen-bond donors (Lipinski definition) is 1. The molecule has 98 valence electrons. The maximum absolute atomic E-state index is 9.64. The van der Waals surface area contributed by atoms with Crippen LogP contribution in [0.15, 0.2) is 4.52 Å². The molecule has 2 atom stereocenters. The van der Waals surface area contributed by atoms with Crippen LogP contribution >= 0.6 is 11.8 Å². The molecule has 0 amide bonds. The van der Waals surface area contributed by atoms with Gasteiger partial charge in [-0.15, -0.1) is 0 Å². The molecule has 0 aromatic carbocycles. The van der Waals surface area contributed by atoms with Crippen LogP contribution in [0.4, 0.5) is 0 Å². The van der Waals surface area contributed by atoms with Crippen LogP contribution in [0.3, 0.4) is 0 Å². The Labute approximate surface area is 107 Å². The van der Waals surface area contributed by atoms with Crippen molar-refractivity contribution in [2.75, 3.05) is 0 Å². The molecule has 2 unspecified atom stereocenters. The normalized spacial score (nSPS) is 14.8. The van der Waals surface area contributed by atoms with E-state index in [4.69, 9.17) is 4.52 Å². The van der Waals surface area contributed by atoms with E-state index in [2.05, 4.69) is 24.0 Å². The van der Waals surface area contributed by atoms with Crippen LogP contribution in [0, 0.1) is 0 Å². The third-order valence-corrected chi connectivity index (χ3v) is 3.94. The van der Waals surface area contributed by atoms with Crippen molar-refractivity contribution in [2.24, 2.45) is 0 Å². The first-order chi connectivity index (χ1) is 8.15. The minimum Gasteiger partial charge on any atom is -0.393 e. The lowest BCUT2D eigenvalue weighted by Gasteiger charge is -2.04. The molecule has 17 heavy (non-hydrogen) atoms. The quantitative estimate of drug-likeness (QED) is 0.777. The van der Waals surface area contributed by atoms with E-state index in [1.165, 1.54) is 0 Å². The van der Waals surface area contributed by atoms with Crippen LogP contribution in [0.5, 0.6) is 0 Å². The Morgan fingerprint density at radius 1 is 1.41 bits per heavy atom. The van der Waals surface area contributed by atoms with E-state index in [9.17, 15) is 5.11 Å². The topological polar surface area (TPSA) is 59.2 Å². The maximum Gasteiger partial charge on any atom is 0.229 e. The molecular formula is C12H22N2O2S. The van der Waals surface area contributed by atoms with Gasteiger partial charge in [-0.2, -0.15) is 16.7 Å². The van der Waals surface area contributed by atoms with Crippen molar-refractivity contribution >= 4 is 11.8 Å². The number of thioether (sulfide) groups is 1. The monoisotopic (exact) mass is 258 g/mol. The Kier molecular flexibility index (Phi) is 6.58. The van der Waals surface area contributed by atoms with Gasteiger partial charge in [-0.3, -0.25) is 0 Å². The van der Waals surface area contributed by atoms with Gasteiger partial charge in [-0.05, 0) is 12.8 Å². The van der Waals surface area contributed by atoms with Crippen molar-refractivity contribution in [2.45, 2.75) is 63.6 Å². The van der Waals surface area contributed by atoms with Crippen LogP contribution in [-0.2, 0) is 12.2 Å². The van der Waals surface area contributed by atoms with Crippen LogP contribution in [0.25, 0.3) is 0 Å². The van der Waals surface area contributed by atoms with Gasteiger partial charge in [-0.25, -0.2) is 0 Å². The standard InChI is InChI=1S/C12H22N2O2S/c1-4-6-10(15)7-12-13-11(14-16-12)8-17-9(3)5-2/h9-10,15H,4-8H2,1-3H3. The van der Waals surface area contributed by atoms with Crippen molar-refractivity contribution < 1.29 is 9.63 Å². The van der Waals surface area contributed by atoms with Crippen molar-refractivity contribution in [3.63, 3.8) is 0 Å². The molecule has 0 fully saturated rings. The fourth-order valence-corrected chi connectivity index (χ4v) is 2.19. The van der Waals surface area contributed by atoms with E-state index >= 15 is 0 Å². The van der Waals surface area contributed by atoms with Crippen molar-refractivity contribution in [3.05, 3.63) is 11.7 Å². The van der Waals surface area contributed by atoms with Crippen molar-refractivity contribution in [3.8, 4) is 0 Å². The molecule has 0 saturated carbocycles. The van der Waals surface area contributed by atoms with Crippen LogP contribution in [-0.4, -0.2) is 26.6 Å². The van der Waals surface area contributed by atoms with Gasteiger partial charge in [0.1, 0.15) is 0 Å². The highest BCUT2D eigenvalue weighted by molar-refractivity contribution is 7.99. The van der Waals surface area contributed by atoms with E-state index in [1.54, 1.807) is 0 Å². The Morgan fingerprint density at radius 3 is 2.82 bits per heavy atom. The molecule has 5 heteroatoms. The first-order valence-electron chi connectivity index (χ1n) is 6.26. The third kappa shape index (κ3) is 5.55. The van der Waals surface area contributed by atoms with E-state index in [0.717, 1.165) is 30.8 Å². The molecule has 0 radical (unpaired) electrons. The van der Waals surface area contributed by atoms with Gasteiger partial charge in [-0.1, -0.05) is 32.3 Å². The molecule has 1 heterocycles. The number of nitrogens with zero attached hydrogens (tertiary/aromatic N) is 2. The van der Waals surface area contributed by atoms with Gasteiger partial charge in [0.15, 0.2) is 5.82 Å². The highest BCUT2D eigenvalue weighted by Crippen LogP contribution is 2.18. The van der Waals surface area contributed by atoms with Crippen molar-refractivity contribution in [1.82, 2.24) is 10.1 Å². The summed E-state index contributed by atoms with van der Waals surface area (Å²) in [4.78, 5) is 4.28. The van der Waals surface area contributed by atoms with Gasteiger partial charge >= 0.3 is 0 Å². The van der Waals surface area contributed by atoms with Crippen LogP contribution in [0.1, 0.15) is 51.7 Å². The smallest absolute Gasteiger partial charge is 0.229 e. The summed E-state index contributed by atoms with van der Waals surface area (Å²) in [5, 5.41) is 14.2. The molecule has 1 N–H and O–H groups in total. The molecule has 4 nitrogen and oxygen atoms in total. The van der Waals surface area contributed by atoms with Gasteiger partial charge < -0.3 is 9.63 Å². The molecule has 0 aliphatic carbocycles. The van der Waals surface area contributed by atoms with Crippen LogP contribution in [0.2, 0.25) is 0 Å². The minimum atomic E-state index is -0.365. The minimum absolute atomic E-state index is 0.365. The second-order valence-electron chi connectivity index (χ2n) is 4.28. The lowest BCUT2D eigenvalue weighted by atomic mass is 10.1. The lowest BCUT2D eigenvalue weighted by Crippen LogP contribution is -2.09. The molecule has 1 rings (SSSR count). The van der Waals surface area contributed by atoms with Gasteiger partial charge in [0.2, 0.25) is 5.89 Å². The second kappa shape index (κ2) is 7.71. The number of aliphatic hydroxyl groups is 1. The Bertz CT molecular complexity index is 317. The summed E-state index contributed by atoms with van der Waals surface area (Å²) in [6, 6.07) is 0. The SMILES string of the molecule is CCCC(O)Cc1nc(CSC(C)CC)no1. The van der Waals surface area contributed by atoms with E-state index < -0.39 is 0 Å². The summed E-state index contributed by atoms with van der Waals surface area (Å²) in [6.45, 7) is 6.41. The highest BCUT2D eigenvalue weighted by atomic mass is 32.2. The molecule has 0 aliphatic rings. The van der Waals surface area contributed by atoms with E-state index in [0.29, 0.717) is 17.6 Å². The predicted molar refractivity (Wildman–Crippen MR) is 70.0 cm³/mol. The number of rotatable bonds is 8. The third-order valence-electron chi connectivity index (χ3n) is 2.61. The zero-order valence-electron chi connectivity index (χ0n) is 10.8. The van der Waals surface area contributed by atoms with Gasteiger partial charge in [0.05, 0.1) is 18.3 Å². The van der Waals surface area contributed by atoms with Gasteiger partial charge in [0, 0.05) is 5.25 Å². The van der Waals surface area contributed by atoms with E-state index in [1.807, 2.05) is 18.7 Å². The summed E-state index contributed by atoms with van der Waals surface area (Å²) in [5.74, 6) is 2.06. The zero-order chi connectivity index (χ0) is 12.7. The zero-order valence-corrected chi connectivity index (χ0v) is 11.7. The second-order valence-corrected chi connectivity index (χ2v) is 5.71. The highest BCUT2D eigenvalue weighted by Gasteiger charge is 2.12. The summed E-state index contributed by atoms with van der Waals surface area (Å²) in [5.41, 5.74) is 0. The Hall–Kier alpha value is -0.550. The molecule has 1 aromatic heterocycles. The fraction of sp³-hybridized carbons (Fsp3) is 0.833. The summed E-state index contributed by atoms with van der Waals surface area (Å²) in [7, 11) is 0. The average Bonchev–Trinajstić information content (AvgIpc) is 2.74. The summed E-state index contributed by atoms with van der Waals surface area (Å²) >= 11 is 1.82. The summed E-state index contributed by atoms with van der Waals surface area (Å²) in [6.07, 6.45) is 2.99. The molecule has 0 saturated heterocycles. The van der Waals surface area contributed by atoms with Crippen molar-refractivity contribution in [1.29, 1.82) is 0 Å². The predicted octanol–water partition coefficient (Wildman–Crippen LogP) is 2.80. The molecular weight excluding hydrogens is 236 g/mol. The summed E-state index contributed by atoms with van der Waals surface area (Å²) < 4.78 is 5.11. The fourth-order valence-electron chi connectivity index (χ4n) is 1.40. The van der Waals surface area contributed by atoms with Crippen LogP contribution < -0.4 is 0 Å². The Morgan fingerprint density at radius 2 is 2.18 bits per heavy atom. The average molecular weight is 258 g/mol. The van der Waals surface area contributed by atoms with E-state index in [-0.39, 0.29) is 6.10 Å². The molecule has 1 aromatic rings. The first-order valence-corrected chi connectivity index (χ1v) is 7.31. The molecule has 0 spiro atoms.